The molecule has 1 atom stereocenters. The number of aromatic nitrogens is 2. The Morgan fingerprint density at radius 1 is 1.50 bits per heavy atom. The molecule has 118 valence electrons. The van der Waals surface area contributed by atoms with Gasteiger partial charge in [0.2, 0.25) is 5.89 Å². The Kier molecular flexibility index (Phi) is 5.21. The molecule has 0 bridgehead atoms. The van der Waals surface area contributed by atoms with Crippen molar-refractivity contribution in [3.63, 3.8) is 0 Å². The molecule has 1 aromatic carbocycles. The fourth-order valence-corrected chi connectivity index (χ4v) is 2.00. The Morgan fingerprint density at radius 2 is 2.27 bits per heavy atom. The van der Waals surface area contributed by atoms with Crippen molar-refractivity contribution in [3.05, 3.63) is 34.9 Å². The lowest BCUT2D eigenvalue weighted by atomic mass is 10.3. The van der Waals surface area contributed by atoms with E-state index in [2.05, 4.69) is 20.8 Å². The Hall–Kier alpha value is -2.28. The first-order valence-corrected chi connectivity index (χ1v) is 7.17. The quantitative estimate of drug-likeness (QED) is 0.880. The van der Waals surface area contributed by atoms with E-state index >= 15 is 0 Å². The zero-order valence-electron chi connectivity index (χ0n) is 12.5. The Labute approximate surface area is 133 Å². The number of nitrogens with zero attached hydrogens (tertiary/aromatic N) is 2. The van der Waals surface area contributed by atoms with Crippen LogP contribution in [-0.2, 0) is 0 Å². The molecule has 0 unspecified atom stereocenters. The van der Waals surface area contributed by atoms with Gasteiger partial charge in [0.15, 0.2) is 5.82 Å². The minimum absolute atomic E-state index is 0.345. The molecule has 0 fully saturated rings. The van der Waals surface area contributed by atoms with Crippen LogP contribution in [0.2, 0.25) is 5.02 Å². The molecule has 7 nitrogen and oxygen atoms in total. The second-order valence-electron chi connectivity index (χ2n) is 4.58. The number of carbonyl (C=O) groups is 1. The number of urea groups is 1. The summed E-state index contributed by atoms with van der Waals surface area (Å²) in [7, 11) is 0. The lowest BCUT2D eigenvalue weighted by Crippen LogP contribution is -2.31. The monoisotopic (exact) mass is 324 g/mol. The maximum atomic E-state index is 11.9. The van der Waals surface area contributed by atoms with Crippen LogP contribution < -0.4 is 15.4 Å². The van der Waals surface area contributed by atoms with Crippen LogP contribution in [0.25, 0.3) is 0 Å². The SMILES string of the molecule is CCOc1ccc(NC(=O)N[C@@H](C)c2nc(C)no2)cc1Cl. The molecule has 2 amide bonds. The Morgan fingerprint density at radius 3 is 2.86 bits per heavy atom. The molecule has 0 spiro atoms. The van der Waals surface area contributed by atoms with Crippen LogP contribution in [0, 0.1) is 6.92 Å². The van der Waals surface area contributed by atoms with Gasteiger partial charge in [-0.1, -0.05) is 16.8 Å². The number of anilines is 1. The van der Waals surface area contributed by atoms with Gasteiger partial charge in [0.1, 0.15) is 11.8 Å². The van der Waals surface area contributed by atoms with E-state index in [1.165, 1.54) is 0 Å². The highest BCUT2D eigenvalue weighted by Crippen LogP contribution is 2.27. The van der Waals surface area contributed by atoms with Crippen molar-refractivity contribution in [2.45, 2.75) is 26.8 Å². The molecule has 0 aliphatic carbocycles. The average Bonchev–Trinajstić information content (AvgIpc) is 2.88. The molecule has 0 saturated carbocycles. The van der Waals surface area contributed by atoms with Crippen molar-refractivity contribution in [3.8, 4) is 5.75 Å². The fourth-order valence-electron chi connectivity index (χ4n) is 1.77. The van der Waals surface area contributed by atoms with E-state index < -0.39 is 12.1 Å². The molecule has 22 heavy (non-hydrogen) atoms. The van der Waals surface area contributed by atoms with Crippen molar-refractivity contribution in [1.82, 2.24) is 15.5 Å². The van der Waals surface area contributed by atoms with Crippen LogP contribution in [0.15, 0.2) is 22.7 Å². The van der Waals surface area contributed by atoms with Gasteiger partial charge in [-0.05, 0) is 39.0 Å². The number of halogens is 1. The van der Waals surface area contributed by atoms with Crippen LogP contribution in [-0.4, -0.2) is 22.8 Å². The molecule has 2 rings (SSSR count). The molecule has 1 aromatic heterocycles. The summed E-state index contributed by atoms with van der Waals surface area (Å²) in [6.45, 7) is 5.85. The minimum Gasteiger partial charge on any atom is -0.492 e. The van der Waals surface area contributed by atoms with Gasteiger partial charge in [-0.2, -0.15) is 4.98 Å². The summed E-state index contributed by atoms with van der Waals surface area (Å²) in [5.41, 5.74) is 0.555. The number of nitrogens with one attached hydrogen (secondary N) is 2. The molecule has 0 saturated heterocycles. The molecule has 2 N–H and O–H groups in total. The fraction of sp³-hybridized carbons (Fsp3) is 0.357. The number of rotatable bonds is 5. The van der Waals surface area contributed by atoms with Crippen LogP contribution in [0.5, 0.6) is 5.75 Å². The van der Waals surface area contributed by atoms with E-state index in [0.29, 0.717) is 34.8 Å². The van der Waals surface area contributed by atoms with E-state index in [1.54, 1.807) is 32.0 Å². The van der Waals surface area contributed by atoms with Gasteiger partial charge in [-0.3, -0.25) is 0 Å². The Balaban J connectivity index is 1.95. The van der Waals surface area contributed by atoms with Gasteiger partial charge in [0.25, 0.3) is 0 Å². The molecular weight excluding hydrogens is 308 g/mol. The third kappa shape index (κ3) is 4.11. The number of carbonyl (C=O) groups excluding carboxylic acids is 1. The normalized spacial score (nSPS) is 11.8. The summed E-state index contributed by atoms with van der Waals surface area (Å²) in [5, 5.41) is 9.49. The number of ether oxygens (including phenoxy) is 1. The summed E-state index contributed by atoms with van der Waals surface area (Å²) in [5.74, 6) is 1.43. The summed E-state index contributed by atoms with van der Waals surface area (Å²) >= 11 is 6.07. The standard InChI is InChI=1S/C14H17ClN4O3/c1-4-21-12-6-5-10(7-11(12)15)18-14(20)16-8(2)13-17-9(3)19-22-13/h5-8H,4H2,1-3H3,(H2,16,18,20)/t8-/m0/s1. The van der Waals surface area contributed by atoms with Gasteiger partial charge in [0, 0.05) is 5.69 Å². The van der Waals surface area contributed by atoms with Crippen LogP contribution in [0.4, 0.5) is 10.5 Å². The van der Waals surface area contributed by atoms with Crippen LogP contribution in [0.3, 0.4) is 0 Å². The smallest absolute Gasteiger partial charge is 0.319 e. The highest BCUT2D eigenvalue weighted by Gasteiger charge is 2.15. The predicted molar refractivity (Wildman–Crippen MR) is 82.2 cm³/mol. The lowest BCUT2D eigenvalue weighted by Gasteiger charge is -2.12. The van der Waals surface area contributed by atoms with Crippen molar-refractivity contribution < 1.29 is 14.1 Å². The number of benzene rings is 1. The number of hydrogen-bond donors (Lipinski definition) is 2. The number of hydrogen-bond acceptors (Lipinski definition) is 5. The second kappa shape index (κ2) is 7.13. The Bertz CT molecular complexity index is 659. The van der Waals surface area contributed by atoms with E-state index in [-0.39, 0.29) is 0 Å². The van der Waals surface area contributed by atoms with Crippen LogP contribution >= 0.6 is 11.6 Å². The second-order valence-corrected chi connectivity index (χ2v) is 4.99. The number of amides is 2. The predicted octanol–water partition coefficient (Wildman–Crippen LogP) is 3.31. The first-order valence-electron chi connectivity index (χ1n) is 6.79. The van der Waals surface area contributed by atoms with E-state index in [1.807, 2.05) is 6.92 Å². The molecule has 1 heterocycles. The zero-order chi connectivity index (χ0) is 16.1. The lowest BCUT2D eigenvalue weighted by molar-refractivity contribution is 0.245. The molecule has 0 aliphatic heterocycles. The van der Waals surface area contributed by atoms with Gasteiger partial charge in [-0.25, -0.2) is 4.79 Å². The summed E-state index contributed by atoms with van der Waals surface area (Å²) in [4.78, 5) is 16.0. The maximum absolute atomic E-state index is 11.9. The third-order valence-corrected chi connectivity index (χ3v) is 3.05. The highest BCUT2D eigenvalue weighted by molar-refractivity contribution is 6.32. The first-order chi connectivity index (χ1) is 10.5. The van der Waals surface area contributed by atoms with Gasteiger partial charge in [0.05, 0.1) is 11.6 Å². The van der Waals surface area contributed by atoms with Crippen molar-refractivity contribution >= 4 is 23.3 Å². The first kappa shape index (κ1) is 16.1. The van der Waals surface area contributed by atoms with E-state index in [0.717, 1.165) is 0 Å². The van der Waals surface area contributed by atoms with Crippen LogP contribution in [0.1, 0.15) is 31.6 Å². The van der Waals surface area contributed by atoms with Crippen molar-refractivity contribution in [1.29, 1.82) is 0 Å². The molecule has 8 heteroatoms. The van der Waals surface area contributed by atoms with Gasteiger partial charge in [-0.15, -0.1) is 0 Å². The molecule has 2 aromatic rings. The largest absolute Gasteiger partial charge is 0.492 e. The minimum atomic E-state index is -0.403. The zero-order valence-corrected chi connectivity index (χ0v) is 13.3. The average molecular weight is 325 g/mol. The molecule has 0 radical (unpaired) electrons. The van der Waals surface area contributed by atoms with Gasteiger partial charge >= 0.3 is 6.03 Å². The third-order valence-electron chi connectivity index (χ3n) is 2.75. The highest BCUT2D eigenvalue weighted by atomic mass is 35.5. The molecular formula is C14H17ClN4O3. The maximum Gasteiger partial charge on any atom is 0.319 e. The summed E-state index contributed by atoms with van der Waals surface area (Å²) in [6.07, 6.45) is 0. The van der Waals surface area contributed by atoms with E-state index in [9.17, 15) is 4.79 Å². The summed E-state index contributed by atoms with van der Waals surface area (Å²) < 4.78 is 10.3. The van der Waals surface area contributed by atoms with Crippen molar-refractivity contribution in [2.24, 2.45) is 0 Å². The summed E-state index contributed by atoms with van der Waals surface area (Å²) in [6, 6.07) is 4.22. The number of aryl methyl sites for hydroxylation is 1. The van der Waals surface area contributed by atoms with Crippen molar-refractivity contribution in [2.75, 3.05) is 11.9 Å². The van der Waals surface area contributed by atoms with Gasteiger partial charge < -0.3 is 19.9 Å². The van der Waals surface area contributed by atoms with E-state index in [4.69, 9.17) is 20.9 Å². The molecule has 0 aliphatic rings. The topological polar surface area (TPSA) is 89.3 Å².